The molecule has 0 saturated carbocycles. The third kappa shape index (κ3) is 4.91. The van der Waals surface area contributed by atoms with Crippen molar-refractivity contribution in [2.45, 2.75) is 30.9 Å². The number of hydrogen-bond donors (Lipinski definition) is 0. The van der Waals surface area contributed by atoms with Crippen molar-refractivity contribution >= 4 is 23.5 Å². The topological polar surface area (TPSA) is 43.4 Å². The number of thioether (sulfide) groups is 1. The number of ether oxygens (including phenoxy) is 1. The van der Waals surface area contributed by atoms with Crippen molar-refractivity contribution in [2.24, 2.45) is 0 Å². The molecule has 0 unspecified atom stereocenters. The van der Waals surface area contributed by atoms with Crippen molar-refractivity contribution in [3.63, 3.8) is 0 Å². The first-order valence-electron chi connectivity index (χ1n) is 6.01. The van der Waals surface area contributed by atoms with Crippen LogP contribution in [0.4, 0.5) is 0 Å². The zero-order chi connectivity index (χ0) is 14.4. The lowest BCUT2D eigenvalue weighted by molar-refractivity contribution is -0.134. The van der Waals surface area contributed by atoms with Gasteiger partial charge in [-0.2, -0.15) is 0 Å². The number of methoxy groups -OCH3 is 1. The van der Waals surface area contributed by atoms with Crippen LogP contribution in [0, 0.1) is 6.92 Å². The second-order valence-corrected chi connectivity index (χ2v) is 6.01. The molecule has 0 aliphatic carbocycles. The molecule has 0 spiro atoms. The molecular formula is C15H18O3S. The van der Waals surface area contributed by atoms with Gasteiger partial charge in [0.05, 0.1) is 7.11 Å². The third-order valence-corrected chi connectivity index (χ3v) is 3.42. The third-order valence-electron chi connectivity index (χ3n) is 2.34. The van der Waals surface area contributed by atoms with Crippen molar-refractivity contribution in [1.82, 2.24) is 0 Å². The Bertz CT molecular complexity index is 504. The Kier molecular flexibility index (Phi) is 5.83. The van der Waals surface area contributed by atoms with E-state index in [1.807, 2.05) is 25.1 Å². The molecule has 0 atom stereocenters. The Morgan fingerprint density at radius 3 is 2.53 bits per heavy atom. The second kappa shape index (κ2) is 7.14. The summed E-state index contributed by atoms with van der Waals surface area (Å²) in [5.41, 5.74) is 1.64. The molecule has 1 aromatic carbocycles. The van der Waals surface area contributed by atoms with E-state index in [9.17, 15) is 9.59 Å². The van der Waals surface area contributed by atoms with Crippen LogP contribution in [0.15, 0.2) is 35.2 Å². The average Bonchev–Trinajstić information content (AvgIpc) is 2.37. The lowest BCUT2D eigenvalue weighted by Crippen LogP contribution is -2.02. The van der Waals surface area contributed by atoms with Crippen LogP contribution < -0.4 is 0 Å². The zero-order valence-electron chi connectivity index (χ0n) is 11.6. The second-order valence-electron chi connectivity index (χ2n) is 4.39. The Labute approximate surface area is 118 Å². The fourth-order valence-corrected chi connectivity index (χ4v) is 2.44. The SMILES string of the molecule is COC(=O)/C=C/C(=O)c1cc(C)ccc1SC(C)C. The van der Waals surface area contributed by atoms with Gasteiger partial charge in [0, 0.05) is 21.8 Å². The van der Waals surface area contributed by atoms with Crippen LogP contribution >= 0.6 is 11.8 Å². The fourth-order valence-electron chi connectivity index (χ4n) is 1.49. The van der Waals surface area contributed by atoms with Gasteiger partial charge >= 0.3 is 5.97 Å². The minimum absolute atomic E-state index is 0.183. The van der Waals surface area contributed by atoms with Gasteiger partial charge < -0.3 is 4.74 Å². The minimum atomic E-state index is -0.529. The summed E-state index contributed by atoms with van der Waals surface area (Å²) in [6, 6.07) is 5.76. The molecule has 1 aromatic rings. The predicted molar refractivity (Wildman–Crippen MR) is 77.7 cm³/mol. The summed E-state index contributed by atoms with van der Waals surface area (Å²) in [4.78, 5) is 24.1. The van der Waals surface area contributed by atoms with E-state index < -0.39 is 5.97 Å². The van der Waals surface area contributed by atoms with E-state index in [4.69, 9.17) is 0 Å². The molecule has 0 heterocycles. The number of carbonyl (C=O) groups excluding carboxylic acids is 2. The van der Waals surface area contributed by atoms with Gasteiger partial charge in [-0.25, -0.2) is 4.79 Å². The standard InChI is InChI=1S/C15H18O3S/c1-10(2)19-14-7-5-11(3)9-12(14)13(16)6-8-15(17)18-4/h5-10H,1-4H3/b8-6+. The molecule has 3 nitrogen and oxygen atoms in total. The predicted octanol–water partition coefficient (Wildman–Crippen LogP) is 3.41. The highest BCUT2D eigenvalue weighted by molar-refractivity contribution is 8.00. The van der Waals surface area contributed by atoms with Gasteiger partial charge in [-0.05, 0) is 25.1 Å². The Balaban J connectivity index is 3.03. The molecule has 4 heteroatoms. The fraction of sp³-hybridized carbons (Fsp3) is 0.333. The lowest BCUT2D eigenvalue weighted by atomic mass is 10.1. The van der Waals surface area contributed by atoms with Gasteiger partial charge in [0.1, 0.15) is 0 Å². The van der Waals surface area contributed by atoms with Gasteiger partial charge in [0.25, 0.3) is 0 Å². The van der Waals surface area contributed by atoms with Crippen LogP contribution in [0.1, 0.15) is 29.8 Å². The first-order chi connectivity index (χ1) is 8.93. The van der Waals surface area contributed by atoms with Crippen molar-refractivity contribution in [3.8, 4) is 0 Å². The first kappa shape index (κ1) is 15.5. The summed E-state index contributed by atoms with van der Waals surface area (Å²) in [6.07, 6.45) is 2.40. The number of aryl methyl sites for hydroxylation is 1. The smallest absolute Gasteiger partial charge is 0.330 e. The molecule has 0 saturated heterocycles. The lowest BCUT2D eigenvalue weighted by Gasteiger charge is -2.10. The van der Waals surface area contributed by atoms with Crippen LogP contribution in [-0.4, -0.2) is 24.1 Å². The van der Waals surface area contributed by atoms with Crippen LogP contribution in [0.5, 0.6) is 0 Å². The van der Waals surface area contributed by atoms with E-state index in [1.54, 1.807) is 11.8 Å². The highest BCUT2D eigenvalue weighted by Crippen LogP contribution is 2.28. The number of hydrogen-bond acceptors (Lipinski definition) is 4. The number of rotatable bonds is 5. The van der Waals surface area contributed by atoms with Crippen LogP contribution in [0.3, 0.4) is 0 Å². The van der Waals surface area contributed by atoms with E-state index in [1.165, 1.54) is 13.2 Å². The molecule has 0 bridgehead atoms. The summed E-state index contributed by atoms with van der Waals surface area (Å²) in [6.45, 7) is 6.08. The summed E-state index contributed by atoms with van der Waals surface area (Å²) >= 11 is 1.63. The zero-order valence-corrected chi connectivity index (χ0v) is 12.4. The molecule has 0 aliphatic rings. The Morgan fingerprint density at radius 1 is 1.26 bits per heavy atom. The molecule has 0 aliphatic heterocycles. The maximum atomic E-state index is 12.1. The highest BCUT2D eigenvalue weighted by Gasteiger charge is 2.11. The Hall–Kier alpha value is -1.55. The van der Waals surface area contributed by atoms with Crippen LogP contribution in [0.2, 0.25) is 0 Å². The average molecular weight is 278 g/mol. The minimum Gasteiger partial charge on any atom is -0.466 e. The number of carbonyl (C=O) groups is 2. The molecule has 0 amide bonds. The van der Waals surface area contributed by atoms with E-state index in [2.05, 4.69) is 18.6 Å². The van der Waals surface area contributed by atoms with Crippen molar-refractivity contribution < 1.29 is 14.3 Å². The van der Waals surface area contributed by atoms with E-state index in [-0.39, 0.29) is 5.78 Å². The molecule has 0 aromatic heterocycles. The number of allylic oxidation sites excluding steroid dienone is 1. The van der Waals surface area contributed by atoms with Crippen LogP contribution in [-0.2, 0) is 9.53 Å². The van der Waals surface area contributed by atoms with Crippen LogP contribution in [0.25, 0.3) is 0 Å². The summed E-state index contributed by atoms with van der Waals surface area (Å²) in [5, 5.41) is 0.388. The highest BCUT2D eigenvalue weighted by atomic mass is 32.2. The molecule has 0 radical (unpaired) electrons. The monoisotopic (exact) mass is 278 g/mol. The summed E-state index contributed by atoms with van der Waals surface area (Å²) in [7, 11) is 1.28. The summed E-state index contributed by atoms with van der Waals surface area (Å²) in [5.74, 6) is -0.712. The number of benzene rings is 1. The molecule has 0 fully saturated rings. The maximum absolute atomic E-state index is 12.1. The van der Waals surface area contributed by atoms with E-state index in [0.717, 1.165) is 16.5 Å². The molecule has 1 rings (SSSR count). The molecule has 19 heavy (non-hydrogen) atoms. The largest absolute Gasteiger partial charge is 0.466 e. The van der Waals surface area contributed by atoms with Crippen molar-refractivity contribution in [3.05, 3.63) is 41.5 Å². The van der Waals surface area contributed by atoms with E-state index in [0.29, 0.717) is 10.8 Å². The first-order valence-corrected chi connectivity index (χ1v) is 6.89. The van der Waals surface area contributed by atoms with Gasteiger partial charge in [0.15, 0.2) is 5.78 Å². The quantitative estimate of drug-likeness (QED) is 0.358. The van der Waals surface area contributed by atoms with Gasteiger partial charge in [-0.15, -0.1) is 11.8 Å². The maximum Gasteiger partial charge on any atom is 0.330 e. The Morgan fingerprint density at radius 2 is 1.95 bits per heavy atom. The number of ketones is 1. The summed E-state index contributed by atoms with van der Waals surface area (Å²) < 4.78 is 4.47. The van der Waals surface area contributed by atoms with Crippen molar-refractivity contribution in [2.75, 3.05) is 7.11 Å². The number of esters is 1. The normalized spacial score (nSPS) is 11.0. The van der Waals surface area contributed by atoms with Gasteiger partial charge in [0.2, 0.25) is 0 Å². The molecule has 102 valence electrons. The molecular weight excluding hydrogens is 260 g/mol. The van der Waals surface area contributed by atoms with Gasteiger partial charge in [-0.3, -0.25) is 4.79 Å². The van der Waals surface area contributed by atoms with E-state index >= 15 is 0 Å². The van der Waals surface area contributed by atoms with Gasteiger partial charge in [-0.1, -0.05) is 25.5 Å². The van der Waals surface area contributed by atoms with Crippen molar-refractivity contribution in [1.29, 1.82) is 0 Å². The molecule has 0 N–H and O–H groups in total.